The number of hydrogen-bond acceptors (Lipinski definition) is 5. The lowest BCUT2D eigenvalue weighted by Crippen LogP contribution is -2.44. The van der Waals surface area contributed by atoms with Gasteiger partial charge >= 0.3 is 0 Å². The van der Waals surface area contributed by atoms with Crippen molar-refractivity contribution in [1.29, 1.82) is 0 Å². The lowest BCUT2D eigenvalue weighted by Gasteiger charge is -2.42. The Morgan fingerprint density at radius 3 is 2.50 bits per heavy atom. The van der Waals surface area contributed by atoms with Gasteiger partial charge in [0.05, 0.1) is 7.11 Å². The number of ether oxygens (including phenoxy) is 1. The Balaban J connectivity index is 2.23. The maximum atomic E-state index is 5.44. The molecule has 0 aliphatic heterocycles. The molecule has 1 saturated carbocycles. The SMILES string of the molecule is CCNc1ncnc(NC2(CC)CCC2)c1OC. The summed E-state index contributed by atoms with van der Waals surface area (Å²) >= 11 is 0. The van der Waals surface area contributed by atoms with E-state index in [2.05, 4.69) is 27.5 Å². The van der Waals surface area contributed by atoms with Crippen LogP contribution < -0.4 is 15.4 Å². The molecule has 0 aromatic carbocycles. The van der Waals surface area contributed by atoms with Crippen molar-refractivity contribution in [3.63, 3.8) is 0 Å². The van der Waals surface area contributed by atoms with Crippen LogP contribution in [0.25, 0.3) is 0 Å². The molecule has 0 bridgehead atoms. The van der Waals surface area contributed by atoms with Crippen LogP contribution in [0.4, 0.5) is 11.6 Å². The van der Waals surface area contributed by atoms with Gasteiger partial charge in [-0.2, -0.15) is 0 Å². The number of aromatic nitrogens is 2. The van der Waals surface area contributed by atoms with Crippen molar-refractivity contribution < 1.29 is 4.74 Å². The van der Waals surface area contributed by atoms with Crippen molar-refractivity contribution in [2.24, 2.45) is 0 Å². The molecule has 1 heterocycles. The van der Waals surface area contributed by atoms with Crippen LogP contribution in [-0.2, 0) is 0 Å². The Morgan fingerprint density at radius 1 is 1.28 bits per heavy atom. The molecule has 0 radical (unpaired) electrons. The topological polar surface area (TPSA) is 59.1 Å². The maximum absolute atomic E-state index is 5.44. The fourth-order valence-corrected chi connectivity index (χ4v) is 2.37. The fraction of sp³-hybridized carbons (Fsp3) is 0.692. The van der Waals surface area contributed by atoms with Gasteiger partial charge in [0.25, 0.3) is 0 Å². The molecule has 1 aromatic heterocycles. The molecular weight excluding hydrogens is 228 g/mol. The minimum atomic E-state index is 0.200. The normalized spacial score (nSPS) is 16.8. The minimum absolute atomic E-state index is 0.200. The molecule has 0 atom stereocenters. The van der Waals surface area contributed by atoms with Gasteiger partial charge in [0.2, 0.25) is 5.75 Å². The molecule has 100 valence electrons. The highest BCUT2D eigenvalue weighted by atomic mass is 16.5. The second-order valence-electron chi connectivity index (χ2n) is 4.75. The maximum Gasteiger partial charge on any atom is 0.204 e. The van der Waals surface area contributed by atoms with Crippen molar-refractivity contribution in [1.82, 2.24) is 9.97 Å². The Kier molecular flexibility index (Phi) is 3.89. The van der Waals surface area contributed by atoms with Gasteiger partial charge in [-0.3, -0.25) is 0 Å². The van der Waals surface area contributed by atoms with Crippen molar-refractivity contribution in [2.45, 2.75) is 45.1 Å². The van der Waals surface area contributed by atoms with Gasteiger partial charge in [-0.05, 0) is 32.6 Å². The third-order valence-electron chi connectivity index (χ3n) is 3.72. The molecular formula is C13H22N4O. The Hall–Kier alpha value is -1.52. The largest absolute Gasteiger partial charge is 0.490 e. The lowest BCUT2D eigenvalue weighted by molar-refractivity contribution is 0.267. The van der Waals surface area contributed by atoms with Crippen LogP contribution >= 0.6 is 0 Å². The van der Waals surface area contributed by atoms with E-state index in [0.29, 0.717) is 5.75 Å². The number of anilines is 2. The average molecular weight is 250 g/mol. The molecule has 1 aromatic rings. The zero-order valence-electron chi connectivity index (χ0n) is 11.4. The average Bonchev–Trinajstić information content (AvgIpc) is 2.34. The summed E-state index contributed by atoms with van der Waals surface area (Å²) in [6.07, 6.45) is 6.37. The molecule has 0 unspecified atom stereocenters. The van der Waals surface area contributed by atoms with Gasteiger partial charge in [-0.15, -0.1) is 0 Å². The summed E-state index contributed by atoms with van der Waals surface area (Å²) in [4.78, 5) is 8.53. The Bertz CT molecular complexity index is 398. The van der Waals surface area contributed by atoms with Gasteiger partial charge in [0.1, 0.15) is 6.33 Å². The first-order chi connectivity index (χ1) is 8.74. The monoisotopic (exact) mass is 250 g/mol. The van der Waals surface area contributed by atoms with Gasteiger partial charge in [-0.1, -0.05) is 6.92 Å². The molecule has 0 spiro atoms. The van der Waals surface area contributed by atoms with E-state index in [9.17, 15) is 0 Å². The molecule has 2 rings (SSSR count). The standard InChI is InChI=1S/C13H22N4O/c1-4-13(7-6-8-13)17-12-10(18-3)11(14-5-2)15-9-16-12/h9H,4-8H2,1-3H3,(H2,14,15,16,17). The number of nitrogens with zero attached hydrogens (tertiary/aromatic N) is 2. The Morgan fingerprint density at radius 2 is 2.00 bits per heavy atom. The van der Waals surface area contributed by atoms with Gasteiger partial charge in [0, 0.05) is 12.1 Å². The molecule has 5 heteroatoms. The molecule has 0 saturated heterocycles. The van der Waals surface area contributed by atoms with E-state index in [0.717, 1.165) is 24.6 Å². The number of hydrogen-bond donors (Lipinski definition) is 2. The van der Waals surface area contributed by atoms with E-state index in [1.807, 2.05) is 6.92 Å². The minimum Gasteiger partial charge on any atom is -0.490 e. The molecule has 2 N–H and O–H groups in total. The molecule has 18 heavy (non-hydrogen) atoms. The van der Waals surface area contributed by atoms with E-state index < -0.39 is 0 Å². The van der Waals surface area contributed by atoms with E-state index in [1.54, 1.807) is 13.4 Å². The van der Waals surface area contributed by atoms with Gasteiger partial charge in [0.15, 0.2) is 11.6 Å². The second kappa shape index (κ2) is 5.42. The number of rotatable bonds is 6. The first kappa shape index (κ1) is 12.9. The molecule has 1 aliphatic rings. The molecule has 1 aliphatic carbocycles. The van der Waals surface area contributed by atoms with E-state index >= 15 is 0 Å². The van der Waals surface area contributed by atoms with E-state index in [-0.39, 0.29) is 5.54 Å². The summed E-state index contributed by atoms with van der Waals surface area (Å²) in [5, 5.41) is 6.73. The lowest BCUT2D eigenvalue weighted by atomic mass is 9.75. The zero-order chi connectivity index (χ0) is 13.0. The summed E-state index contributed by atoms with van der Waals surface area (Å²) in [6.45, 7) is 5.06. The first-order valence-corrected chi connectivity index (χ1v) is 6.65. The van der Waals surface area contributed by atoms with Crippen molar-refractivity contribution in [2.75, 3.05) is 24.3 Å². The van der Waals surface area contributed by atoms with Crippen molar-refractivity contribution in [3.8, 4) is 5.75 Å². The third kappa shape index (κ3) is 2.35. The molecule has 5 nitrogen and oxygen atoms in total. The fourth-order valence-electron chi connectivity index (χ4n) is 2.37. The molecule has 1 fully saturated rings. The van der Waals surface area contributed by atoms with Crippen LogP contribution in [0.15, 0.2) is 6.33 Å². The van der Waals surface area contributed by atoms with Gasteiger partial charge < -0.3 is 15.4 Å². The van der Waals surface area contributed by atoms with Crippen molar-refractivity contribution >= 4 is 11.6 Å². The zero-order valence-corrected chi connectivity index (χ0v) is 11.4. The number of nitrogens with one attached hydrogen (secondary N) is 2. The quantitative estimate of drug-likeness (QED) is 0.813. The van der Waals surface area contributed by atoms with E-state index in [4.69, 9.17) is 4.74 Å². The van der Waals surface area contributed by atoms with Crippen LogP contribution in [-0.4, -0.2) is 29.2 Å². The van der Waals surface area contributed by atoms with Crippen LogP contribution in [0.3, 0.4) is 0 Å². The van der Waals surface area contributed by atoms with Crippen LogP contribution in [0.1, 0.15) is 39.5 Å². The van der Waals surface area contributed by atoms with Crippen LogP contribution in [0, 0.1) is 0 Å². The Labute approximate surface area is 108 Å². The number of methoxy groups -OCH3 is 1. The molecule has 0 amide bonds. The highest BCUT2D eigenvalue weighted by molar-refractivity contribution is 5.64. The summed E-state index contributed by atoms with van der Waals surface area (Å²) < 4.78 is 5.44. The van der Waals surface area contributed by atoms with Crippen LogP contribution in [0.5, 0.6) is 5.75 Å². The first-order valence-electron chi connectivity index (χ1n) is 6.65. The highest BCUT2D eigenvalue weighted by Gasteiger charge is 2.36. The van der Waals surface area contributed by atoms with Crippen molar-refractivity contribution in [3.05, 3.63) is 6.33 Å². The van der Waals surface area contributed by atoms with E-state index in [1.165, 1.54) is 19.3 Å². The summed E-state index contributed by atoms with van der Waals surface area (Å²) in [6, 6.07) is 0. The summed E-state index contributed by atoms with van der Waals surface area (Å²) in [5.41, 5.74) is 0.200. The summed E-state index contributed by atoms with van der Waals surface area (Å²) in [7, 11) is 1.66. The third-order valence-corrected chi connectivity index (χ3v) is 3.72. The predicted molar refractivity (Wildman–Crippen MR) is 73.2 cm³/mol. The second-order valence-corrected chi connectivity index (χ2v) is 4.75. The predicted octanol–water partition coefficient (Wildman–Crippen LogP) is 2.66. The summed E-state index contributed by atoms with van der Waals surface area (Å²) in [5.74, 6) is 2.26. The highest BCUT2D eigenvalue weighted by Crippen LogP contribution is 2.40. The smallest absolute Gasteiger partial charge is 0.204 e. The van der Waals surface area contributed by atoms with Crippen LogP contribution in [0.2, 0.25) is 0 Å². The van der Waals surface area contributed by atoms with Gasteiger partial charge in [-0.25, -0.2) is 9.97 Å².